The van der Waals surface area contributed by atoms with E-state index < -0.39 is 11.9 Å². The average Bonchev–Trinajstić information content (AvgIpc) is 2.41. The van der Waals surface area contributed by atoms with Crippen molar-refractivity contribution in [2.24, 2.45) is 0 Å². The minimum atomic E-state index is -0.618. The molecule has 1 rings (SSSR count). The monoisotopic (exact) mass is 320 g/mol. The number of benzene rings is 1. The van der Waals surface area contributed by atoms with Crippen molar-refractivity contribution in [3.05, 3.63) is 28.2 Å². The van der Waals surface area contributed by atoms with Gasteiger partial charge in [0.2, 0.25) is 0 Å². The first-order chi connectivity index (χ1) is 9.54. The van der Waals surface area contributed by atoms with Crippen LogP contribution in [0.4, 0.5) is 4.79 Å². The molecule has 0 radical (unpaired) electrons. The predicted molar refractivity (Wildman–Crippen MR) is 75.4 cm³/mol. The lowest BCUT2D eigenvalue weighted by Gasteiger charge is -2.09. The molecule has 1 aromatic carbocycles. The zero-order valence-electron chi connectivity index (χ0n) is 10.7. The van der Waals surface area contributed by atoms with Crippen molar-refractivity contribution in [2.75, 3.05) is 26.9 Å². The van der Waals surface area contributed by atoms with Crippen molar-refractivity contribution in [1.82, 2.24) is 10.6 Å². The normalized spacial score (nSPS) is 9.95. The minimum Gasteiger partial charge on any atom is -0.482 e. The van der Waals surface area contributed by atoms with E-state index in [0.29, 0.717) is 18.2 Å². The van der Waals surface area contributed by atoms with Gasteiger partial charge in [-0.2, -0.15) is 0 Å². The first-order valence-electron chi connectivity index (χ1n) is 5.68. The first kappa shape index (κ1) is 16.6. The third kappa shape index (κ3) is 5.64. The van der Waals surface area contributed by atoms with Crippen LogP contribution in [0.1, 0.15) is 0 Å². The topological polar surface area (TPSA) is 76.7 Å². The molecular weight excluding hydrogens is 307 g/mol. The molecule has 0 saturated heterocycles. The van der Waals surface area contributed by atoms with Gasteiger partial charge in [0.15, 0.2) is 6.61 Å². The highest BCUT2D eigenvalue weighted by Crippen LogP contribution is 2.31. The summed E-state index contributed by atoms with van der Waals surface area (Å²) in [7, 11) is 1.51. The van der Waals surface area contributed by atoms with Gasteiger partial charge in [-0.05, 0) is 12.1 Å². The summed E-state index contributed by atoms with van der Waals surface area (Å²) in [6, 6.07) is 4.19. The highest BCUT2D eigenvalue weighted by atomic mass is 35.5. The van der Waals surface area contributed by atoms with Crippen LogP contribution in [-0.2, 0) is 9.53 Å². The van der Waals surface area contributed by atoms with Crippen LogP contribution in [0.3, 0.4) is 0 Å². The Hall–Kier alpha value is -1.50. The molecule has 0 aliphatic heterocycles. The average molecular weight is 321 g/mol. The van der Waals surface area contributed by atoms with Crippen molar-refractivity contribution >= 4 is 35.1 Å². The fraction of sp³-hybridized carbons (Fsp3) is 0.333. The number of rotatable bonds is 6. The first-order valence-corrected chi connectivity index (χ1v) is 6.43. The summed E-state index contributed by atoms with van der Waals surface area (Å²) in [6.07, 6.45) is 0. The van der Waals surface area contributed by atoms with Crippen LogP contribution in [0.15, 0.2) is 18.2 Å². The number of amides is 3. The number of methoxy groups -OCH3 is 1. The molecule has 6 nitrogen and oxygen atoms in total. The summed E-state index contributed by atoms with van der Waals surface area (Å²) in [4.78, 5) is 22.7. The van der Waals surface area contributed by atoms with Crippen molar-refractivity contribution in [3.63, 3.8) is 0 Å². The Morgan fingerprint density at radius 2 is 2.05 bits per heavy atom. The molecule has 8 heteroatoms. The van der Waals surface area contributed by atoms with Crippen molar-refractivity contribution in [1.29, 1.82) is 0 Å². The SMILES string of the molecule is COCCNC(=O)NC(=O)COc1cccc(Cl)c1Cl. The van der Waals surface area contributed by atoms with Gasteiger partial charge in [0.25, 0.3) is 5.91 Å². The van der Waals surface area contributed by atoms with E-state index in [9.17, 15) is 9.59 Å². The molecule has 0 aliphatic carbocycles. The molecule has 0 atom stereocenters. The molecule has 0 aliphatic rings. The van der Waals surface area contributed by atoms with Gasteiger partial charge in [-0.1, -0.05) is 29.3 Å². The summed E-state index contributed by atoms with van der Waals surface area (Å²) in [5.74, 6) is -0.329. The van der Waals surface area contributed by atoms with E-state index in [1.54, 1.807) is 18.2 Å². The maximum atomic E-state index is 11.5. The fourth-order valence-electron chi connectivity index (χ4n) is 1.21. The van der Waals surface area contributed by atoms with Gasteiger partial charge in [0, 0.05) is 13.7 Å². The molecule has 2 N–H and O–H groups in total. The van der Waals surface area contributed by atoms with E-state index in [2.05, 4.69) is 10.6 Å². The van der Waals surface area contributed by atoms with Gasteiger partial charge in [-0.15, -0.1) is 0 Å². The lowest BCUT2D eigenvalue weighted by Crippen LogP contribution is -2.42. The van der Waals surface area contributed by atoms with Crippen LogP contribution in [0.2, 0.25) is 10.0 Å². The van der Waals surface area contributed by atoms with Gasteiger partial charge in [0.05, 0.1) is 11.6 Å². The number of carbonyl (C=O) groups is 2. The molecule has 0 aromatic heterocycles. The minimum absolute atomic E-state index is 0.214. The fourth-order valence-corrected chi connectivity index (χ4v) is 1.56. The summed E-state index contributed by atoms with van der Waals surface area (Å²) in [5.41, 5.74) is 0. The maximum Gasteiger partial charge on any atom is 0.321 e. The molecule has 0 saturated carbocycles. The Bertz CT molecular complexity index is 483. The van der Waals surface area contributed by atoms with Crippen LogP contribution in [-0.4, -0.2) is 38.8 Å². The highest BCUT2D eigenvalue weighted by molar-refractivity contribution is 6.42. The zero-order valence-corrected chi connectivity index (χ0v) is 12.3. The van der Waals surface area contributed by atoms with Crippen molar-refractivity contribution in [3.8, 4) is 5.75 Å². The third-order valence-corrected chi connectivity index (χ3v) is 2.92. The molecule has 0 bridgehead atoms. The van der Waals surface area contributed by atoms with Gasteiger partial charge < -0.3 is 14.8 Å². The quantitative estimate of drug-likeness (QED) is 0.784. The molecule has 0 fully saturated rings. The van der Waals surface area contributed by atoms with E-state index in [0.717, 1.165) is 0 Å². The maximum absolute atomic E-state index is 11.5. The number of urea groups is 1. The van der Waals surface area contributed by atoms with Gasteiger partial charge in [-0.3, -0.25) is 10.1 Å². The Morgan fingerprint density at radius 1 is 1.30 bits per heavy atom. The van der Waals surface area contributed by atoms with Crippen LogP contribution < -0.4 is 15.4 Å². The Morgan fingerprint density at radius 3 is 2.75 bits per heavy atom. The van der Waals surface area contributed by atoms with Crippen LogP contribution >= 0.6 is 23.2 Å². The van der Waals surface area contributed by atoms with E-state index >= 15 is 0 Å². The van der Waals surface area contributed by atoms with E-state index in [1.165, 1.54) is 7.11 Å². The van der Waals surface area contributed by atoms with E-state index in [1.807, 2.05) is 0 Å². The largest absolute Gasteiger partial charge is 0.482 e. The number of halogens is 2. The highest BCUT2D eigenvalue weighted by Gasteiger charge is 2.10. The molecule has 3 amide bonds. The second-order valence-electron chi connectivity index (χ2n) is 3.64. The van der Waals surface area contributed by atoms with Gasteiger partial charge in [-0.25, -0.2) is 4.79 Å². The van der Waals surface area contributed by atoms with Crippen molar-refractivity contribution in [2.45, 2.75) is 0 Å². The standard InChI is InChI=1S/C12H14Cl2N2O4/c1-19-6-5-15-12(18)16-10(17)7-20-9-4-2-3-8(13)11(9)14/h2-4H,5-7H2,1H3,(H2,15,16,17,18). The summed E-state index contributed by atoms with van der Waals surface area (Å²) >= 11 is 11.7. The Kier molecular flexibility index (Phi) is 7.14. The number of hydrogen-bond acceptors (Lipinski definition) is 4. The lowest BCUT2D eigenvalue weighted by atomic mass is 10.3. The predicted octanol–water partition coefficient (Wildman–Crippen LogP) is 1.84. The summed E-state index contributed by atoms with van der Waals surface area (Å²) in [6.45, 7) is 0.310. The molecule has 0 spiro atoms. The van der Waals surface area contributed by atoms with Crippen LogP contribution in [0.5, 0.6) is 5.75 Å². The smallest absolute Gasteiger partial charge is 0.321 e. The van der Waals surface area contributed by atoms with Crippen molar-refractivity contribution < 1.29 is 19.1 Å². The van der Waals surface area contributed by atoms with Gasteiger partial charge >= 0.3 is 6.03 Å². The number of nitrogens with one attached hydrogen (secondary N) is 2. The Labute approximate surface area is 126 Å². The van der Waals surface area contributed by atoms with Gasteiger partial charge in [0.1, 0.15) is 10.8 Å². The second-order valence-corrected chi connectivity index (χ2v) is 4.42. The van der Waals surface area contributed by atoms with Crippen LogP contribution in [0.25, 0.3) is 0 Å². The second kappa shape index (κ2) is 8.63. The Balaban J connectivity index is 2.36. The third-order valence-electron chi connectivity index (χ3n) is 2.12. The molecule has 0 unspecified atom stereocenters. The van der Waals surface area contributed by atoms with Crippen LogP contribution in [0, 0.1) is 0 Å². The van der Waals surface area contributed by atoms with E-state index in [4.69, 9.17) is 32.7 Å². The lowest BCUT2D eigenvalue weighted by molar-refractivity contribution is -0.122. The molecule has 0 heterocycles. The number of ether oxygens (including phenoxy) is 2. The number of imide groups is 1. The summed E-state index contributed by atoms with van der Waals surface area (Å²) < 4.78 is 9.92. The number of hydrogen-bond donors (Lipinski definition) is 2. The molecule has 1 aromatic rings. The zero-order chi connectivity index (χ0) is 15.0. The number of carbonyl (C=O) groups excluding carboxylic acids is 2. The molecule has 110 valence electrons. The summed E-state index contributed by atoms with van der Waals surface area (Å²) in [5, 5.41) is 5.07. The molecular formula is C12H14Cl2N2O4. The van der Waals surface area contributed by atoms with E-state index in [-0.39, 0.29) is 17.4 Å². The molecule has 20 heavy (non-hydrogen) atoms.